The SMILES string of the molecule is COCCN1C[C@@H](NC(=O)Nc2c(C)c(OCC(C)(C)O)nn2-c2ccccc2)[C@H](c2cc(F)cc(F)c2)C1. The lowest BCUT2D eigenvalue weighted by Gasteiger charge is -2.21. The molecule has 210 valence electrons. The molecule has 0 spiro atoms. The molecule has 0 radical (unpaired) electrons. The van der Waals surface area contributed by atoms with Gasteiger partial charge in [0.15, 0.2) is 0 Å². The number of methoxy groups -OCH3 is 1. The minimum absolute atomic E-state index is 0.0105. The maximum atomic E-state index is 14.0. The highest BCUT2D eigenvalue weighted by Gasteiger charge is 2.35. The summed E-state index contributed by atoms with van der Waals surface area (Å²) >= 11 is 0. The minimum atomic E-state index is -1.07. The number of amides is 2. The van der Waals surface area contributed by atoms with Crippen molar-refractivity contribution in [3.63, 3.8) is 0 Å². The fourth-order valence-corrected chi connectivity index (χ4v) is 4.63. The van der Waals surface area contributed by atoms with E-state index in [1.54, 1.807) is 32.6 Å². The molecule has 2 amide bonds. The zero-order chi connectivity index (χ0) is 28.2. The van der Waals surface area contributed by atoms with Crippen LogP contribution in [0.3, 0.4) is 0 Å². The van der Waals surface area contributed by atoms with Crippen LogP contribution in [0.1, 0.15) is 30.9 Å². The van der Waals surface area contributed by atoms with E-state index in [2.05, 4.69) is 20.6 Å². The maximum Gasteiger partial charge on any atom is 0.320 e. The van der Waals surface area contributed by atoms with Gasteiger partial charge >= 0.3 is 6.03 Å². The van der Waals surface area contributed by atoms with Crippen molar-refractivity contribution in [3.8, 4) is 11.6 Å². The van der Waals surface area contributed by atoms with E-state index in [9.17, 15) is 18.7 Å². The van der Waals surface area contributed by atoms with E-state index < -0.39 is 29.3 Å². The summed E-state index contributed by atoms with van der Waals surface area (Å²) < 4.78 is 40.6. The van der Waals surface area contributed by atoms with Crippen LogP contribution in [0.5, 0.6) is 5.88 Å². The average molecular weight is 544 g/mol. The second-order valence-corrected chi connectivity index (χ2v) is 10.4. The molecular formula is C28H35F2N5O4. The van der Waals surface area contributed by atoms with Crippen molar-refractivity contribution in [2.24, 2.45) is 0 Å². The predicted molar refractivity (Wildman–Crippen MR) is 143 cm³/mol. The Labute approximate surface area is 226 Å². The minimum Gasteiger partial charge on any atom is -0.473 e. The van der Waals surface area contributed by atoms with E-state index in [-0.39, 0.29) is 18.4 Å². The molecule has 39 heavy (non-hydrogen) atoms. The zero-order valence-corrected chi connectivity index (χ0v) is 22.6. The summed E-state index contributed by atoms with van der Waals surface area (Å²) in [7, 11) is 1.61. The highest BCUT2D eigenvalue weighted by atomic mass is 19.1. The van der Waals surface area contributed by atoms with Gasteiger partial charge < -0.3 is 19.9 Å². The number of halogens is 2. The van der Waals surface area contributed by atoms with Gasteiger partial charge in [0.05, 0.1) is 29.5 Å². The number of urea groups is 1. The number of hydrogen-bond donors (Lipinski definition) is 3. The summed E-state index contributed by atoms with van der Waals surface area (Å²) in [6.45, 7) is 7.13. The van der Waals surface area contributed by atoms with E-state index in [1.165, 1.54) is 12.1 Å². The Bertz CT molecular complexity index is 1260. The van der Waals surface area contributed by atoms with Crippen molar-refractivity contribution in [3.05, 3.63) is 71.3 Å². The van der Waals surface area contributed by atoms with E-state index in [1.807, 2.05) is 30.3 Å². The Morgan fingerprint density at radius 2 is 1.85 bits per heavy atom. The molecule has 1 fully saturated rings. The van der Waals surface area contributed by atoms with Gasteiger partial charge in [-0.25, -0.2) is 18.3 Å². The third-order valence-electron chi connectivity index (χ3n) is 6.51. The van der Waals surface area contributed by atoms with Gasteiger partial charge in [0.2, 0.25) is 5.88 Å². The molecule has 3 N–H and O–H groups in total. The number of anilines is 1. The van der Waals surface area contributed by atoms with Crippen LogP contribution >= 0.6 is 0 Å². The number of hydrogen-bond acceptors (Lipinski definition) is 6. The third kappa shape index (κ3) is 7.31. The standard InChI is InChI=1S/C28H35F2N5O4/c1-18-25(35(22-8-6-5-7-9-22)33-26(18)39-17-28(2,3)37)32-27(36)31-24-16-34(10-11-38-4)15-23(24)19-12-20(29)14-21(30)13-19/h5-9,12-14,23-24,37H,10-11,15-17H2,1-4H3,(H2,31,32,36)/t23-,24+/m0/s1. The number of nitrogens with one attached hydrogen (secondary N) is 2. The third-order valence-corrected chi connectivity index (χ3v) is 6.51. The lowest BCUT2D eigenvalue weighted by molar-refractivity contribution is 0.0265. The van der Waals surface area contributed by atoms with Gasteiger partial charge in [-0.2, -0.15) is 0 Å². The molecule has 1 aliphatic heterocycles. The van der Waals surface area contributed by atoms with Crippen LogP contribution in [0.2, 0.25) is 0 Å². The fraction of sp³-hybridized carbons (Fsp3) is 0.429. The van der Waals surface area contributed by atoms with Gasteiger partial charge in [-0.15, -0.1) is 5.10 Å². The van der Waals surface area contributed by atoms with Gasteiger partial charge in [0.25, 0.3) is 0 Å². The van der Waals surface area contributed by atoms with Gasteiger partial charge in [0, 0.05) is 38.7 Å². The second-order valence-electron chi connectivity index (χ2n) is 10.4. The molecule has 0 saturated carbocycles. The Morgan fingerprint density at radius 1 is 1.15 bits per heavy atom. The molecule has 1 aromatic heterocycles. The first-order valence-electron chi connectivity index (χ1n) is 12.8. The lowest BCUT2D eigenvalue weighted by atomic mass is 9.94. The van der Waals surface area contributed by atoms with Gasteiger partial charge in [-0.1, -0.05) is 18.2 Å². The maximum absolute atomic E-state index is 14.0. The van der Waals surface area contributed by atoms with E-state index in [4.69, 9.17) is 9.47 Å². The highest BCUT2D eigenvalue weighted by molar-refractivity contribution is 5.90. The molecule has 1 aliphatic rings. The van der Waals surface area contributed by atoms with Crippen molar-refractivity contribution >= 4 is 11.8 Å². The van der Waals surface area contributed by atoms with Gasteiger partial charge in [-0.05, 0) is 50.6 Å². The summed E-state index contributed by atoms with van der Waals surface area (Å²) in [6, 6.07) is 11.8. The molecule has 2 heterocycles. The van der Waals surface area contributed by atoms with Crippen LogP contribution in [0.4, 0.5) is 19.4 Å². The largest absolute Gasteiger partial charge is 0.473 e. The average Bonchev–Trinajstić information content (AvgIpc) is 3.41. The summed E-state index contributed by atoms with van der Waals surface area (Å²) in [5.41, 5.74) is 0.686. The molecule has 2 aromatic carbocycles. The predicted octanol–water partition coefficient (Wildman–Crippen LogP) is 3.84. The molecule has 3 aromatic rings. The fourth-order valence-electron chi connectivity index (χ4n) is 4.63. The monoisotopic (exact) mass is 543 g/mol. The van der Waals surface area contributed by atoms with Crippen molar-refractivity contribution in [2.75, 3.05) is 45.3 Å². The molecule has 1 saturated heterocycles. The van der Waals surface area contributed by atoms with Crippen molar-refractivity contribution in [1.82, 2.24) is 20.0 Å². The summed E-state index contributed by atoms with van der Waals surface area (Å²) in [5.74, 6) is -0.985. The van der Waals surface area contributed by atoms with Gasteiger partial charge in [0.1, 0.15) is 24.1 Å². The van der Waals surface area contributed by atoms with Crippen LogP contribution in [-0.2, 0) is 4.74 Å². The number of carbonyl (C=O) groups excluding carboxylic acids is 1. The molecule has 2 atom stereocenters. The summed E-state index contributed by atoms with van der Waals surface area (Å²) in [4.78, 5) is 15.4. The molecule has 9 nitrogen and oxygen atoms in total. The topological polar surface area (TPSA) is 101 Å². The molecule has 11 heteroatoms. The first kappa shape index (κ1) is 28.5. The van der Waals surface area contributed by atoms with Crippen LogP contribution in [0.15, 0.2) is 48.5 Å². The van der Waals surface area contributed by atoms with Crippen molar-refractivity contribution in [2.45, 2.75) is 38.3 Å². The number of rotatable bonds is 10. The number of para-hydroxylation sites is 1. The Morgan fingerprint density at radius 3 is 2.49 bits per heavy atom. The smallest absolute Gasteiger partial charge is 0.320 e. The number of nitrogens with zero attached hydrogens (tertiary/aromatic N) is 3. The first-order valence-corrected chi connectivity index (χ1v) is 12.8. The van der Waals surface area contributed by atoms with E-state index in [0.717, 1.165) is 6.07 Å². The molecule has 0 unspecified atom stereocenters. The van der Waals surface area contributed by atoms with Crippen molar-refractivity contribution < 1.29 is 28.2 Å². The van der Waals surface area contributed by atoms with Crippen molar-refractivity contribution in [1.29, 1.82) is 0 Å². The van der Waals surface area contributed by atoms with E-state index in [0.29, 0.717) is 48.9 Å². The van der Waals surface area contributed by atoms with E-state index >= 15 is 0 Å². The first-order chi connectivity index (χ1) is 18.5. The quantitative estimate of drug-likeness (QED) is 0.359. The molecular weight excluding hydrogens is 508 g/mol. The number of aliphatic hydroxyl groups is 1. The lowest BCUT2D eigenvalue weighted by Crippen LogP contribution is -2.42. The number of carbonyl (C=O) groups is 1. The zero-order valence-electron chi connectivity index (χ0n) is 22.6. The number of likely N-dealkylation sites (tertiary alicyclic amines) is 1. The Balaban J connectivity index is 1.58. The number of ether oxygens (including phenoxy) is 2. The molecule has 4 rings (SSSR count). The van der Waals surface area contributed by atoms with Crippen LogP contribution < -0.4 is 15.4 Å². The number of benzene rings is 2. The second kappa shape index (κ2) is 12.1. The van der Waals surface area contributed by atoms with Gasteiger partial charge in [-0.3, -0.25) is 10.2 Å². The van der Waals surface area contributed by atoms with Crippen LogP contribution in [0, 0.1) is 18.6 Å². The van der Waals surface area contributed by atoms with Crippen LogP contribution in [0.25, 0.3) is 5.69 Å². The Hall–Kier alpha value is -3.54. The normalized spacial score (nSPS) is 17.8. The summed E-state index contributed by atoms with van der Waals surface area (Å²) in [5, 5.41) is 20.5. The Kier molecular flexibility index (Phi) is 8.83. The summed E-state index contributed by atoms with van der Waals surface area (Å²) in [6.07, 6.45) is 0. The van der Waals surface area contributed by atoms with Crippen LogP contribution in [-0.4, -0.2) is 77.4 Å². The molecule has 0 aliphatic carbocycles. The number of aromatic nitrogens is 2. The highest BCUT2D eigenvalue weighted by Crippen LogP contribution is 2.31. The molecule has 0 bridgehead atoms.